The van der Waals surface area contributed by atoms with Crippen molar-refractivity contribution in [2.24, 2.45) is 0 Å². The van der Waals surface area contributed by atoms with Gasteiger partial charge in [0.2, 0.25) is 0 Å². The highest BCUT2D eigenvalue weighted by Gasteiger charge is 2.32. The molecule has 0 radical (unpaired) electrons. The van der Waals surface area contributed by atoms with Gasteiger partial charge in [0.05, 0.1) is 13.3 Å². The molecule has 5 nitrogen and oxygen atoms in total. The first kappa shape index (κ1) is 21.3. The lowest BCUT2D eigenvalue weighted by molar-refractivity contribution is 0.273. The maximum absolute atomic E-state index is 5.97. The minimum absolute atomic E-state index is 0.717. The fourth-order valence-corrected chi connectivity index (χ4v) is 4.07. The van der Waals surface area contributed by atoms with Crippen molar-refractivity contribution in [1.82, 2.24) is 10.1 Å². The summed E-state index contributed by atoms with van der Waals surface area (Å²) in [5.74, 6) is 0.717. The zero-order valence-electron chi connectivity index (χ0n) is 18.1. The van der Waals surface area contributed by atoms with E-state index in [1.807, 2.05) is 55.5 Å². The van der Waals surface area contributed by atoms with Gasteiger partial charge in [0.1, 0.15) is 11.4 Å². The highest BCUT2D eigenvalue weighted by molar-refractivity contribution is 7.80. The largest absolute Gasteiger partial charge is 0.354 e. The van der Waals surface area contributed by atoms with E-state index in [0.29, 0.717) is 5.76 Å². The summed E-state index contributed by atoms with van der Waals surface area (Å²) >= 11 is 5.97. The second-order valence-electron chi connectivity index (χ2n) is 7.73. The van der Waals surface area contributed by atoms with Crippen LogP contribution in [0.15, 0.2) is 65.2 Å². The van der Waals surface area contributed by atoms with Crippen LogP contribution >= 0.6 is 12.2 Å². The van der Waals surface area contributed by atoms with Gasteiger partial charge in [-0.05, 0) is 49.3 Å². The standard InChI is InChI=1S/C25H28N4OS/c1-3-4-17-27-18-28(22-13-9-6-10-14-22)25(31)29(19-27)24-20(2)26-30-23(24)16-15-21-11-7-5-8-12-21/h5-16H,3-4,17-19H2,1-2H3/b16-15+. The van der Waals surface area contributed by atoms with E-state index in [-0.39, 0.29) is 0 Å². The minimum Gasteiger partial charge on any atom is -0.354 e. The first-order valence-electron chi connectivity index (χ1n) is 10.7. The van der Waals surface area contributed by atoms with Gasteiger partial charge in [-0.1, -0.05) is 73.1 Å². The smallest absolute Gasteiger partial charge is 0.183 e. The number of aromatic nitrogens is 1. The molecular formula is C25H28N4OS. The molecule has 0 atom stereocenters. The number of thiocarbonyl (C=S) groups is 1. The lowest BCUT2D eigenvalue weighted by Crippen LogP contribution is -2.58. The van der Waals surface area contributed by atoms with Crippen molar-refractivity contribution in [1.29, 1.82) is 0 Å². The van der Waals surface area contributed by atoms with Crippen molar-refractivity contribution in [3.05, 3.63) is 77.7 Å². The molecule has 0 saturated carbocycles. The molecule has 0 amide bonds. The number of hydrogen-bond acceptors (Lipinski definition) is 4. The highest BCUT2D eigenvalue weighted by atomic mass is 32.1. The van der Waals surface area contributed by atoms with Gasteiger partial charge in [0, 0.05) is 12.2 Å². The zero-order valence-corrected chi connectivity index (χ0v) is 18.9. The number of rotatable bonds is 7. The van der Waals surface area contributed by atoms with Gasteiger partial charge in [-0.2, -0.15) is 0 Å². The minimum atomic E-state index is 0.717. The molecule has 0 spiro atoms. The molecule has 4 rings (SSSR count). The van der Waals surface area contributed by atoms with E-state index >= 15 is 0 Å². The number of aryl methyl sites for hydroxylation is 1. The molecule has 1 aromatic heterocycles. The van der Waals surface area contributed by atoms with Crippen LogP contribution in [0.2, 0.25) is 0 Å². The van der Waals surface area contributed by atoms with Gasteiger partial charge >= 0.3 is 0 Å². The zero-order chi connectivity index (χ0) is 21.6. The van der Waals surface area contributed by atoms with Crippen molar-refractivity contribution in [2.45, 2.75) is 26.7 Å². The van der Waals surface area contributed by atoms with Crippen LogP contribution < -0.4 is 9.80 Å². The molecule has 6 heteroatoms. The van der Waals surface area contributed by atoms with Crippen molar-refractivity contribution in [2.75, 3.05) is 29.7 Å². The SMILES string of the molecule is CCCCN1CN(c2ccccc2)C(=S)N(c2c(C)noc2/C=C/c2ccccc2)C1. The molecule has 0 N–H and O–H groups in total. The maximum atomic E-state index is 5.97. The first-order valence-corrected chi connectivity index (χ1v) is 11.1. The van der Waals surface area contributed by atoms with E-state index in [4.69, 9.17) is 16.7 Å². The average Bonchev–Trinajstić information content (AvgIpc) is 3.18. The summed E-state index contributed by atoms with van der Waals surface area (Å²) in [6.45, 7) is 6.70. The normalized spacial score (nSPS) is 15.2. The van der Waals surface area contributed by atoms with E-state index < -0.39 is 0 Å². The Hall–Kier alpha value is -2.96. The van der Waals surface area contributed by atoms with Crippen LogP contribution in [0.1, 0.15) is 36.8 Å². The van der Waals surface area contributed by atoms with Crippen molar-refractivity contribution in [3.63, 3.8) is 0 Å². The molecule has 2 heterocycles. The molecule has 1 aliphatic heterocycles. The highest BCUT2D eigenvalue weighted by Crippen LogP contribution is 2.31. The van der Waals surface area contributed by atoms with Crippen LogP contribution in [0.4, 0.5) is 11.4 Å². The van der Waals surface area contributed by atoms with Crippen molar-refractivity contribution in [3.8, 4) is 0 Å². The molecule has 160 valence electrons. The van der Waals surface area contributed by atoms with Crippen LogP contribution in [0.5, 0.6) is 0 Å². The summed E-state index contributed by atoms with van der Waals surface area (Å²) in [5.41, 5.74) is 3.97. The molecule has 0 bridgehead atoms. The van der Waals surface area contributed by atoms with Gasteiger partial charge in [-0.15, -0.1) is 0 Å². The summed E-state index contributed by atoms with van der Waals surface area (Å²) in [6.07, 6.45) is 6.32. The van der Waals surface area contributed by atoms with E-state index in [0.717, 1.165) is 60.5 Å². The summed E-state index contributed by atoms with van der Waals surface area (Å²) in [4.78, 5) is 6.76. The molecule has 0 unspecified atom stereocenters. The molecule has 0 aliphatic carbocycles. The van der Waals surface area contributed by atoms with Crippen molar-refractivity contribution >= 4 is 40.9 Å². The molecular weight excluding hydrogens is 404 g/mol. The van der Waals surface area contributed by atoms with Crippen LogP contribution in [0.3, 0.4) is 0 Å². The van der Waals surface area contributed by atoms with Gasteiger partial charge < -0.3 is 9.42 Å². The Morgan fingerprint density at radius 3 is 2.35 bits per heavy atom. The van der Waals surface area contributed by atoms with E-state index in [1.54, 1.807) is 0 Å². The third-order valence-electron chi connectivity index (χ3n) is 5.39. The molecule has 2 aromatic carbocycles. The van der Waals surface area contributed by atoms with Crippen LogP contribution in [-0.4, -0.2) is 35.1 Å². The van der Waals surface area contributed by atoms with Gasteiger partial charge in [0.25, 0.3) is 0 Å². The lowest BCUT2D eigenvalue weighted by Gasteiger charge is -2.44. The third kappa shape index (κ3) is 4.86. The molecule has 1 aliphatic rings. The Labute approximate surface area is 189 Å². The number of hydrogen-bond donors (Lipinski definition) is 0. The third-order valence-corrected chi connectivity index (χ3v) is 5.83. The number of para-hydroxylation sites is 1. The Morgan fingerprint density at radius 1 is 0.968 bits per heavy atom. The second-order valence-corrected chi connectivity index (χ2v) is 8.10. The van der Waals surface area contributed by atoms with Crippen LogP contribution in [0, 0.1) is 6.92 Å². The summed E-state index contributed by atoms with van der Waals surface area (Å²) in [6, 6.07) is 20.5. The molecule has 3 aromatic rings. The van der Waals surface area contributed by atoms with Gasteiger partial charge in [0.15, 0.2) is 10.9 Å². The molecule has 31 heavy (non-hydrogen) atoms. The monoisotopic (exact) mass is 432 g/mol. The Bertz CT molecular complexity index is 1030. The average molecular weight is 433 g/mol. The quantitative estimate of drug-likeness (QED) is 0.440. The number of nitrogens with zero attached hydrogens (tertiary/aromatic N) is 4. The van der Waals surface area contributed by atoms with Gasteiger partial charge in [-0.3, -0.25) is 9.80 Å². The van der Waals surface area contributed by atoms with Crippen molar-refractivity contribution < 1.29 is 4.52 Å². The number of benzene rings is 2. The van der Waals surface area contributed by atoms with Gasteiger partial charge in [-0.25, -0.2) is 0 Å². The Kier molecular flexibility index (Phi) is 6.79. The maximum Gasteiger partial charge on any atom is 0.183 e. The molecule has 1 fully saturated rings. The number of unbranched alkanes of at least 4 members (excludes halogenated alkanes) is 1. The molecule has 1 saturated heterocycles. The fourth-order valence-electron chi connectivity index (χ4n) is 3.76. The summed E-state index contributed by atoms with van der Waals surface area (Å²) in [7, 11) is 0. The van der Waals surface area contributed by atoms with Crippen LogP contribution in [0.25, 0.3) is 12.2 Å². The topological polar surface area (TPSA) is 35.8 Å². The van der Waals surface area contributed by atoms with E-state index in [1.165, 1.54) is 0 Å². The van der Waals surface area contributed by atoms with E-state index in [9.17, 15) is 0 Å². The predicted molar refractivity (Wildman–Crippen MR) is 132 cm³/mol. The second kappa shape index (κ2) is 9.90. The number of anilines is 2. The summed E-state index contributed by atoms with van der Waals surface area (Å²) in [5, 5.41) is 5.02. The first-order chi connectivity index (χ1) is 15.2. The Morgan fingerprint density at radius 2 is 1.65 bits per heavy atom. The predicted octanol–water partition coefficient (Wildman–Crippen LogP) is 5.78. The Balaban J connectivity index is 1.67. The fraction of sp³-hybridized carbons (Fsp3) is 0.280. The lowest BCUT2D eigenvalue weighted by atomic mass is 10.2. The van der Waals surface area contributed by atoms with Crippen LogP contribution in [-0.2, 0) is 0 Å². The van der Waals surface area contributed by atoms with E-state index in [2.05, 4.69) is 51.0 Å². The summed E-state index contributed by atoms with van der Waals surface area (Å²) < 4.78 is 5.70.